The third kappa shape index (κ3) is 5.15. The summed E-state index contributed by atoms with van der Waals surface area (Å²) >= 11 is 0. The fourth-order valence-corrected chi connectivity index (χ4v) is 2.20. The first-order valence-electron chi connectivity index (χ1n) is 6.80. The van der Waals surface area contributed by atoms with E-state index in [0.29, 0.717) is 18.6 Å². The summed E-state index contributed by atoms with van der Waals surface area (Å²) in [5.41, 5.74) is 0.493. The number of carbonyl (C=O) groups excluding carboxylic acids is 1. The standard InChI is InChI=1S/C15H20FNO4/c1-3-21-13(18)9-8-12(17-2)14(15(19)20)10-4-6-11(16)7-5-10/h4-7,12,14,17H,3,8-9H2,1-2H3,(H,19,20). The van der Waals surface area contributed by atoms with Crippen LogP contribution in [0.4, 0.5) is 4.39 Å². The molecule has 2 N–H and O–H groups in total. The number of hydrogen-bond acceptors (Lipinski definition) is 4. The SMILES string of the molecule is CCOC(=O)CCC(NC)C(C(=O)O)c1ccc(F)cc1. The van der Waals surface area contributed by atoms with Crippen LogP contribution in [0.5, 0.6) is 0 Å². The summed E-state index contributed by atoms with van der Waals surface area (Å²) in [6.45, 7) is 2.01. The van der Waals surface area contributed by atoms with Gasteiger partial charge in [-0.2, -0.15) is 0 Å². The third-order valence-electron chi connectivity index (χ3n) is 3.23. The van der Waals surface area contributed by atoms with E-state index in [0.717, 1.165) is 0 Å². The van der Waals surface area contributed by atoms with Gasteiger partial charge in [0.25, 0.3) is 0 Å². The molecular formula is C15H20FNO4. The second kappa shape index (κ2) is 8.36. The van der Waals surface area contributed by atoms with Crippen LogP contribution in [0.2, 0.25) is 0 Å². The van der Waals surface area contributed by atoms with Crippen molar-refractivity contribution in [2.75, 3.05) is 13.7 Å². The number of nitrogens with one attached hydrogen (secondary N) is 1. The van der Waals surface area contributed by atoms with E-state index < -0.39 is 23.7 Å². The molecule has 2 atom stereocenters. The van der Waals surface area contributed by atoms with Gasteiger partial charge in [0.2, 0.25) is 0 Å². The van der Waals surface area contributed by atoms with Gasteiger partial charge in [0.15, 0.2) is 0 Å². The van der Waals surface area contributed by atoms with Crippen molar-refractivity contribution in [1.29, 1.82) is 0 Å². The molecule has 0 radical (unpaired) electrons. The highest BCUT2D eigenvalue weighted by Crippen LogP contribution is 2.23. The molecule has 0 fully saturated rings. The number of carbonyl (C=O) groups is 2. The van der Waals surface area contributed by atoms with Crippen molar-refractivity contribution >= 4 is 11.9 Å². The number of carboxylic acid groups (broad SMARTS) is 1. The van der Waals surface area contributed by atoms with Crippen molar-refractivity contribution in [3.05, 3.63) is 35.6 Å². The van der Waals surface area contributed by atoms with Crippen LogP contribution in [-0.4, -0.2) is 36.7 Å². The second-order valence-corrected chi connectivity index (χ2v) is 4.61. The molecule has 0 aliphatic rings. The van der Waals surface area contributed by atoms with Crippen LogP contribution in [-0.2, 0) is 14.3 Å². The molecule has 1 aromatic carbocycles. The predicted octanol–water partition coefficient (Wildman–Crippen LogP) is 1.93. The Morgan fingerprint density at radius 1 is 1.33 bits per heavy atom. The Morgan fingerprint density at radius 3 is 2.43 bits per heavy atom. The number of esters is 1. The second-order valence-electron chi connectivity index (χ2n) is 4.61. The zero-order valence-corrected chi connectivity index (χ0v) is 12.1. The van der Waals surface area contributed by atoms with Gasteiger partial charge >= 0.3 is 11.9 Å². The molecule has 2 unspecified atom stereocenters. The van der Waals surface area contributed by atoms with Gasteiger partial charge in [0, 0.05) is 12.5 Å². The molecule has 0 spiro atoms. The Bertz CT molecular complexity index is 475. The van der Waals surface area contributed by atoms with Crippen LogP contribution in [0.1, 0.15) is 31.2 Å². The monoisotopic (exact) mass is 297 g/mol. The molecular weight excluding hydrogens is 277 g/mol. The number of likely N-dealkylation sites (N-methyl/N-ethyl adjacent to an activating group) is 1. The number of carboxylic acids is 1. The van der Waals surface area contributed by atoms with Gasteiger partial charge in [-0.15, -0.1) is 0 Å². The Labute approximate surface area is 123 Å². The molecule has 0 aromatic heterocycles. The highest BCUT2D eigenvalue weighted by atomic mass is 19.1. The lowest BCUT2D eigenvalue weighted by atomic mass is 9.89. The van der Waals surface area contributed by atoms with E-state index >= 15 is 0 Å². The van der Waals surface area contributed by atoms with E-state index in [-0.39, 0.29) is 12.4 Å². The lowest BCUT2D eigenvalue weighted by Gasteiger charge is -2.23. The zero-order chi connectivity index (χ0) is 15.8. The summed E-state index contributed by atoms with van der Waals surface area (Å²) in [6.07, 6.45) is 0.452. The highest BCUT2D eigenvalue weighted by molar-refractivity contribution is 5.77. The zero-order valence-electron chi connectivity index (χ0n) is 12.1. The van der Waals surface area contributed by atoms with Crippen molar-refractivity contribution in [1.82, 2.24) is 5.32 Å². The lowest BCUT2D eigenvalue weighted by Crippen LogP contribution is -2.37. The Balaban J connectivity index is 2.83. The minimum Gasteiger partial charge on any atom is -0.481 e. The summed E-state index contributed by atoms with van der Waals surface area (Å²) in [6, 6.07) is 4.90. The van der Waals surface area contributed by atoms with Gasteiger partial charge in [0.1, 0.15) is 5.82 Å². The molecule has 0 heterocycles. The maximum atomic E-state index is 12.9. The molecule has 0 saturated carbocycles. The Morgan fingerprint density at radius 2 is 1.95 bits per heavy atom. The van der Waals surface area contributed by atoms with Gasteiger partial charge in [0.05, 0.1) is 12.5 Å². The van der Waals surface area contributed by atoms with Crippen LogP contribution in [0, 0.1) is 5.82 Å². The molecule has 5 nitrogen and oxygen atoms in total. The van der Waals surface area contributed by atoms with Crippen LogP contribution >= 0.6 is 0 Å². The normalized spacial score (nSPS) is 13.5. The van der Waals surface area contributed by atoms with Crippen LogP contribution < -0.4 is 5.32 Å². The Kier molecular flexibility index (Phi) is 6.81. The highest BCUT2D eigenvalue weighted by Gasteiger charge is 2.29. The van der Waals surface area contributed by atoms with Crippen LogP contribution in [0.3, 0.4) is 0 Å². The molecule has 0 aliphatic carbocycles. The van der Waals surface area contributed by atoms with E-state index in [4.69, 9.17) is 4.74 Å². The summed E-state index contributed by atoms with van der Waals surface area (Å²) in [5, 5.41) is 12.3. The molecule has 1 aromatic rings. The largest absolute Gasteiger partial charge is 0.481 e. The molecule has 116 valence electrons. The van der Waals surface area contributed by atoms with E-state index in [1.807, 2.05) is 0 Å². The van der Waals surface area contributed by atoms with E-state index in [9.17, 15) is 19.1 Å². The van der Waals surface area contributed by atoms with Gasteiger partial charge in [-0.25, -0.2) is 4.39 Å². The fourth-order valence-electron chi connectivity index (χ4n) is 2.20. The number of ether oxygens (including phenoxy) is 1. The van der Waals surface area contributed by atoms with Crippen molar-refractivity contribution in [2.45, 2.75) is 31.7 Å². The molecule has 21 heavy (non-hydrogen) atoms. The quantitative estimate of drug-likeness (QED) is 0.717. The maximum Gasteiger partial charge on any atom is 0.312 e. The number of halogens is 1. The van der Waals surface area contributed by atoms with Gasteiger partial charge < -0.3 is 15.2 Å². The van der Waals surface area contributed by atoms with Crippen molar-refractivity contribution in [3.8, 4) is 0 Å². The summed E-state index contributed by atoms with van der Waals surface area (Å²) in [5.74, 6) is -2.66. The summed E-state index contributed by atoms with van der Waals surface area (Å²) < 4.78 is 17.8. The van der Waals surface area contributed by atoms with Crippen LogP contribution in [0.15, 0.2) is 24.3 Å². The first-order valence-corrected chi connectivity index (χ1v) is 6.80. The first-order chi connectivity index (χ1) is 9.99. The van der Waals surface area contributed by atoms with Crippen molar-refractivity contribution < 1.29 is 23.8 Å². The van der Waals surface area contributed by atoms with E-state index in [1.165, 1.54) is 24.3 Å². The fraction of sp³-hybridized carbons (Fsp3) is 0.467. The minimum absolute atomic E-state index is 0.129. The lowest BCUT2D eigenvalue weighted by molar-refractivity contribution is -0.144. The molecule has 1 rings (SSSR count). The van der Waals surface area contributed by atoms with E-state index in [2.05, 4.69) is 5.32 Å². The van der Waals surface area contributed by atoms with Crippen molar-refractivity contribution in [3.63, 3.8) is 0 Å². The topological polar surface area (TPSA) is 75.6 Å². The molecule has 6 heteroatoms. The summed E-state index contributed by atoms with van der Waals surface area (Å²) in [4.78, 5) is 22.9. The van der Waals surface area contributed by atoms with E-state index in [1.54, 1.807) is 14.0 Å². The first kappa shape index (κ1) is 17.1. The number of aliphatic carboxylic acids is 1. The molecule has 0 amide bonds. The summed E-state index contributed by atoms with van der Waals surface area (Å²) in [7, 11) is 1.63. The average molecular weight is 297 g/mol. The van der Waals surface area contributed by atoms with Crippen LogP contribution in [0.25, 0.3) is 0 Å². The van der Waals surface area contributed by atoms with Crippen molar-refractivity contribution in [2.24, 2.45) is 0 Å². The van der Waals surface area contributed by atoms with Gasteiger partial charge in [-0.05, 0) is 38.1 Å². The smallest absolute Gasteiger partial charge is 0.312 e. The van der Waals surface area contributed by atoms with Gasteiger partial charge in [-0.1, -0.05) is 12.1 Å². The molecule has 0 saturated heterocycles. The number of hydrogen-bond donors (Lipinski definition) is 2. The average Bonchev–Trinajstić information content (AvgIpc) is 2.44. The third-order valence-corrected chi connectivity index (χ3v) is 3.23. The number of rotatable bonds is 8. The van der Waals surface area contributed by atoms with Gasteiger partial charge in [-0.3, -0.25) is 9.59 Å². The predicted molar refractivity (Wildman–Crippen MR) is 75.5 cm³/mol. The maximum absolute atomic E-state index is 12.9. The minimum atomic E-state index is -1.02. The number of benzene rings is 1. The molecule has 0 bridgehead atoms. The molecule has 0 aliphatic heterocycles. The Hall–Kier alpha value is -1.95.